The maximum absolute atomic E-state index is 11.8. The van der Waals surface area contributed by atoms with Gasteiger partial charge in [0, 0.05) is 10.9 Å². The molecule has 0 unspecified atom stereocenters. The lowest BCUT2D eigenvalue weighted by atomic mass is 10.0. The van der Waals surface area contributed by atoms with Gasteiger partial charge in [0.25, 0.3) is 0 Å². The molecule has 0 atom stereocenters. The van der Waals surface area contributed by atoms with E-state index in [1.165, 1.54) is 43.1 Å². The van der Waals surface area contributed by atoms with Gasteiger partial charge >= 0.3 is 0 Å². The van der Waals surface area contributed by atoms with Crippen LogP contribution in [0.3, 0.4) is 0 Å². The number of hydrogen-bond acceptors (Lipinski definition) is 6. The third kappa shape index (κ3) is 3.50. The summed E-state index contributed by atoms with van der Waals surface area (Å²) in [4.78, 5) is 33.2. The Morgan fingerprint density at radius 1 is 1.08 bits per heavy atom. The fourth-order valence-corrected chi connectivity index (χ4v) is 4.59. The number of Topliss-reactive ketones (excluding diaryl/α,β-unsaturated/α-hetero) is 2. The third-order valence-corrected chi connectivity index (χ3v) is 6.44. The highest BCUT2D eigenvalue weighted by Gasteiger charge is 2.24. The molecule has 2 aromatic heterocycles. The number of aromatic nitrogens is 2. The predicted octanol–water partition coefficient (Wildman–Crippen LogP) is 4.61. The molecule has 1 aromatic carbocycles. The summed E-state index contributed by atoms with van der Waals surface area (Å²) in [6.45, 7) is 7.05. The highest BCUT2D eigenvalue weighted by Crippen LogP contribution is 2.39. The van der Waals surface area contributed by atoms with E-state index in [1.54, 1.807) is 11.3 Å². The van der Waals surface area contributed by atoms with Gasteiger partial charge in [-0.2, -0.15) is 0 Å². The van der Waals surface area contributed by atoms with Crippen molar-refractivity contribution in [1.29, 1.82) is 0 Å². The Morgan fingerprint density at radius 3 is 2.44 bits per heavy atom. The molecule has 0 saturated heterocycles. The summed E-state index contributed by atoms with van der Waals surface area (Å²) in [5, 5.41) is 2.91. The molecule has 0 saturated carbocycles. The van der Waals surface area contributed by atoms with Crippen LogP contribution in [0.1, 0.15) is 25.0 Å². The Kier molecular flexibility index (Phi) is 5.01. The number of carbonyl (C=O) groups is 2. The smallest absolute Gasteiger partial charge is 0.150 e. The minimum atomic E-state index is -0.731. The van der Waals surface area contributed by atoms with Gasteiger partial charge in [-0.3, -0.25) is 9.59 Å². The van der Waals surface area contributed by atoms with E-state index < -0.39 is 5.25 Å². The number of hydrogen-bond donors (Lipinski definition) is 0. The molecule has 2 heterocycles. The van der Waals surface area contributed by atoms with Crippen LogP contribution >= 0.6 is 23.1 Å². The second-order valence-corrected chi connectivity index (χ2v) is 7.98. The zero-order valence-electron chi connectivity index (χ0n) is 14.5. The standard InChI is InChI=1S/C19H18N2O2S2/c1-10-5-6-14(7-11(10)2)15-8-24-18-16(15)19(21-9-20-18)25-17(12(3)22)13(4)23/h5-9,17H,1-4H3. The van der Waals surface area contributed by atoms with E-state index in [-0.39, 0.29) is 11.6 Å². The quantitative estimate of drug-likeness (QED) is 0.373. The first kappa shape index (κ1) is 17.8. The van der Waals surface area contributed by atoms with Crippen LogP contribution in [0.25, 0.3) is 21.3 Å². The number of benzene rings is 1. The Labute approximate surface area is 154 Å². The fraction of sp³-hybridized carbons (Fsp3) is 0.263. The van der Waals surface area contributed by atoms with Gasteiger partial charge in [0.2, 0.25) is 0 Å². The van der Waals surface area contributed by atoms with Gasteiger partial charge in [-0.1, -0.05) is 30.0 Å². The molecule has 0 aliphatic rings. The zero-order chi connectivity index (χ0) is 18.1. The molecule has 0 radical (unpaired) electrons. The van der Waals surface area contributed by atoms with Crippen molar-refractivity contribution < 1.29 is 9.59 Å². The number of thiophene rings is 1. The summed E-state index contributed by atoms with van der Waals surface area (Å²) in [6, 6.07) is 6.32. The van der Waals surface area contributed by atoms with E-state index in [0.717, 1.165) is 21.3 Å². The fourth-order valence-electron chi connectivity index (χ4n) is 2.62. The van der Waals surface area contributed by atoms with Crippen molar-refractivity contribution in [2.75, 3.05) is 0 Å². The van der Waals surface area contributed by atoms with Crippen molar-refractivity contribution in [2.45, 2.75) is 38.0 Å². The van der Waals surface area contributed by atoms with Crippen LogP contribution in [-0.4, -0.2) is 26.8 Å². The van der Waals surface area contributed by atoms with Gasteiger partial charge in [0.15, 0.2) is 11.6 Å². The van der Waals surface area contributed by atoms with Gasteiger partial charge < -0.3 is 0 Å². The monoisotopic (exact) mass is 370 g/mol. The van der Waals surface area contributed by atoms with Crippen molar-refractivity contribution >= 4 is 44.9 Å². The van der Waals surface area contributed by atoms with Crippen LogP contribution in [0.4, 0.5) is 0 Å². The summed E-state index contributed by atoms with van der Waals surface area (Å²) in [5.41, 5.74) is 4.58. The molecule has 25 heavy (non-hydrogen) atoms. The second-order valence-electron chi connectivity index (χ2n) is 6.03. The van der Waals surface area contributed by atoms with Gasteiger partial charge in [0.05, 0.1) is 5.39 Å². The summed E-state index contributed by atoms with van der Waals surface area (Å²) >= 11 is 2.75. The Bertz CT molecular complexity index is 965. The first-order chi connectivity index (χ1) is 11.9. The highest BCUT2D eigenvalue weighted by molar-refractivity contribution is 8.01. The molecular weight excluding hydrogens is 352 g/mol. The number of rotatable bonds is 5. The molecular formula is C19H18N2O2S2. The summed E-state index contributed by atoms with van der Waals surface area (Å²) < 4.78 is 0. The maximum Gasteiger partial charge on any atom is 0.150 e. The summed E-state index contributed by atoms with van der Waals surface area (Å²) in [6.07, 6.45) is 1.49. The molecule has 0 bridgehead atoms. The van der Waals surface area contributed by atoms with Crippen LogP contribution in [0.15, 0.2) is 34.9 Å². The Balaban J connectivity index is 2.14. The van der Waals surface area contributed by atoms with E-state index in [1.807, 2.05) is 0 Å². The molecule has 0 fully saturated rings. The van der Waals surface area contributed by atoms with E-state index in [4.69, 9.17) is 0 Å². The number of aryl methyl sites for hydroxylation is 2. The third-order valence-electron chi connectivity index (χ3n) is 4.12. The molecule has 0 amide bonds. The predicted molar refractivity (Wildman–Crippen MR) is 103 cm³/mol. The minimum Gasteiger partial charge on any atom is -0.298 e. The number of carbonyl (C=O) groups excluding carboxylic acids is 2. The lowest BCUT2D eigenvalue weighted by Crippen LogP contribution is -2.22. The van der Waals surface area contributed by atoms with Gasteiger partial charge in [-0.15, -0.1) is 11.3 Å². The lowest BCUT2D eigenvalue weighted by Gasteiger charge is -2.11. The number of ketones is 2. The van der Waals surface area contributed by atoms with Crippen molar-refractivity contribution in [2.24, 2.45) is 0 Å². The average molecular weight is 370 g/mol. The van der Waals surface area contributed by atoms with Crippen LogP contribution in [0, 0.1) is 13.8 Å². The molecule has 3 rings (SSSR count). The van der Waals surface area contributed by atoms with Gasteiger partial charge in [-0.25, -0.2) is 9.97 Å². The van der Waals surface area contributed by atoms with E-state index in [0.29, 0.717) is 5.03 Å². The highest BCUT2D eigenvalue weighted by atomic mass is 32.2. The molecule has 0 N–H and O–H groups in total. The average Bonchev–Trinajstić information content (AvgIpc) is 2.99. The molecule has 0 spiro atoms. The maximum atomic E-state index is 11.8. The van der Waals surface area contributed by atoms with Crippen molar-refractivity contribution in [3.8, 4) is 11.1 Å². The van der Waals surface area contributed by atoms with Gasteiger partial charge in [0.1, 0.15) is 21.4 Å². The largest absolute Gasteiger partial charge is 0.298 e. The van der Waals surface area contributed by atoms with E-state index in [9.17, 15) is 9.59 Å². The number of fused-ring (bicyclic) bond motifs is 1. The normalized spacial score (nSPS) is 11.2. The Morgan fingerprint density at radius 2 is 1.80 bits per heavy atom. The van der Waals surface area contributed by atoms with Crippen LogP contribution in [0.5, 0.6) is 0 Å². The molecule has 6 heteroatoms. The van der Waals surface area contributed by atoms with Gasteiger partial charge in [-0.05, 0) is 44.4 Å². The first-order valence-electron chi connectivity index (χ1n) is 7.86. The topological polar surface area (TPSA) is 59.9 Å². The molecule has 3 aromatic rings. The summed E-state index contributed by atoms with van der Waals surface area (Å²) in [5.74, 6) is -0.320. The van der Waals surface area contributed by atoms with Crippen molar-refractivity contribution in [3.63, 3.8) is 0 Å². The summed E-state index contributed by atoms with van der Waals surface area (Å²) in [7, 11) is 0. The lowest BCUT2D eigenvalue weighted by molar-refractivity contribution is -0.123. The van der Waals surface area contributed by atoms with Crippen LogP contribution in [0.2, 0.25) is 0 Å². The first-order valence-corrected chi connectivity index (χ1v) is 9.61. The minimum absolute atomic E-state index is 0.160. The molecule has 0 aliphatic carbocycles. The number of thioether (sulfide) groups is 1. The Hall–Kier alpha value is -2.05. The number of nitrogens with zero attached hydrogens (tertiary/aromatic N) is 2. The molecule has 4 nitrogen and oxygen atoms in total. The van der Waals surface area contributed by atoms with E-state index >= 15 is 0 Å². The van der Waals surface area contributed by atoms with Crippen molar-refractivity contribution in [3.05, 3.63) is 41.0 Å². The SMILES string of the molecule is CC(=O)C(Sc1ncnc2scc(-c3ccc(C)c(C)c3)c12)C(C)=O. The van der Waals surface area contributed by atoms with Crippen LogP contribution in [-0.2, 0) is 9.59 Å². The zero-order valence-corrected chi connectivity index (χ0v) is 16.1. The molecule has 0 aliphatic heterocycles. The van der Waals surface area contributed by atoms with Crippen LogP contribution < -0.4 is 0 Å². The van der Waals surface area contributed by atoms with E-state index in [2.05, 4.69) is 47.4 Å². The second kappa shape index (κ2) is 7.06. The molecule has 128 valence electrons. The van der Waals surface area contributed by atoms with Crippen molar-refractivity contribution in [1.82, 2.24) is 9.97 Å².